The Bertz CT molecular complexity index is 874. The second-order valence-corrected chi connectivity index (χ2v) is 6.57. The molecule has 1 aliphatic carbocycles. The number of hydrogen-bond donors (Lipinski definition) is 2. The zero-order valence-electron chi connectivity index (χ0n) is 14.5. The predicted molar refractivity (Wildman–Crippen MR) is 102 cm³/mol. The van der Waals surface area contributed by atoms with Gasteiger partial charge in [-0.3, -0.25) is 4.98 Å². The van der Waals surface area contributed by atoms with Crippen molar-refractivity contribution in [1.82, 2.24) is 20.1 Å². The number of aliphatic hydroxyl groups excluding tert-OH is 1. The second kappa shape index (κ2) is 7.64. The summed E-state index contributed by atoms with van der Waals surface area (Å²) in [4.78, 5) is 4.11. The molecule has 1 aromatic carbocycles. The third kappa shape index (κ3) is 3.59. The molecule has 2 aromatic heterocycles. The molecule has 1 aliphatic rings. The van der Waals surface area contributed by atoms with Gasteiger partial charge in [-0.2, -0.15) is 5.10 Å². The van der Waals surface area contributed by atoms with Gasteiger partial charge in [-0.05, 0) is 30.7 Å². The van der Waals surface area contributed by atoms with E-state index in [0.717, 1.165) is 35.5 Å². The van der Waals surface area contributed by atoms with Crippen molar-refractivity contribution in [1.29, 1.82) is 0 Å². The fourth-order valence-corrected chi connectivity index (χ4v) is 3.31. The standard InChI is InChI=1S/C21H22N4O/c26-15-16-6-7-19(12-16)23-13-18-14-25(20-4-2-1-3-5-20)24-21(18)17-8-10-22-11-9-17/h1-11,14,16,19,23,26H,12-13,15H2/t16-,19+/m0/s1. The highest BCUT2D eigenvalue weighted by Gasteiger charge is 2.19. The number of rotatable bonds is 6. The van der Waals surface area contributed by atoms with Gasteiger partial charge in [0.2, 0.25) is 0 Å². The smallest absolute Gasteiger partial charge is 0.0973 e. The minimum absolute atomic E-state index is 0.211. The molecule has 4 rings (SSSR count). The number of nitrogens with zero attached hydrogens (tertiary/aromatic N) is 3. The maximum Gasteiger partial charge on any atom is 0.0973 e. The van der Waals surface area contributed by atoms with Crippen LogP contribution in [0, 0.1) is 5.92 Å². The summed E-state index contributed by atoms with van der Waals surface area (Å²) in [5, 5.41) is 17.7. The first-order valence-corrected chi connectivity index (χ1v) is 8.90. The second-order valence-electron chi connectivity index (χ2n) is 6.57. The summed E-state index contributed by atoms with van der Waals surface area (Å²) in [7, 11) is 0. The quantitative estimate of drug-likeness (QED) is 0.674. The van der Waals surface area contributed by atoms with E-state index in [1.807, 2.05) is 47.1 Å². The van der Waals surface area contributed by atoms with Crippen LogP contribution in [0.3, 0.4) is 0 Å². The molecule has 0 amide bonds. The predicted octanol–water partition coefficient (Wildman–Crippen LogP) is 2.96. The highest BCUT2D eigenvalue weighted by molar-refractivity contribution is 5.62. The molecule has 5 nitrogen and oxygen atoms in total. The van der Waals surface area contributed by atoms with E-state index in [-0.39, 0.29) is 18.6 Å². The van der Waals surface area contributed by atoms with E-state index in [9.17, 15) is 5.11 Å². The van der Waals surface area contributed by atoms with Crippen LogP contribution < -0.4 is 5.32 Å². The first kappa shape index (κ1) is 16.7. The molecule has 0 aliphatic heterocycles. The fraction of sp³-hybridized carbons (Fsp3) is 0.238. The van der Waals surface area contributed by atoms with Crippen LogP contribution in [0.25, 0.3) is 16.9 Å². The van der Waals surface area contributed by atoms with Crippen molar-refractivity contribution < 1.29 is 5.11 Å². The van der Waals surface area contributed by atoms with Crippen molar-refractivity contribution in [3.05, 3.63) is 78.8 Å². The third-order valence-electron chi connectivity index (χ3n) is 4.73. The highest BCUT2D eigenvalue weighted by atomic mass is 16.3. The number of pyridine rings is 1. The lowest BCUT2D eigenvalue weighted by molar-refractivity contribution is 0.246. The Balaban J connectivity index is 1.60. The largest absolute Gasteiger partial charge is 0.396 e. The molecule has 0 unspecified atom stereocenters. The number of aromatic nitrogens is 3. The summed E-state index contributed by atoms with van der Waals surface area (Å²) < 4.78 is 1.92. The van der Waals surface area contributed by atoms with Crippen molar-refractivity contribution >= 4 is 0 Å². The summed E-state index contributed by atoms with van der Waals surface area (Å²) in [6.07, 6.45) is 10.8. The van der Waals surface area contributed by atoms with Crippen LogP contribution in [0.15, 0.2) is 73.2 Å². The van der Waals surface area contributed by atoms with Crippen LogP contribution in [-0.2, 0) is 6.54 Å². The third-order valence-corrected chi connectivity index (χ3v) is 4.73. The van der Waals surface area contributed by atoms with E-state index in [0.29, 0.717) is 0 Å². The SMILES string of the molecule is OC[C@H]1C=C[C@@H](NCc2cn(-c3ccccc3)nc2-c2ccncc2)C1. The van der Waals surface area contributed by atoms with E-state index in [2.05, 4.69) is 28.6 Å². The number of aliphatic hydroxyl groups is 1. The molecule has 5 heteroatoms. The summed E-state index contributed by atoms with van der Waals surface area (Å²) >= 11 is 0. The number of hydrogen-bond acceptors (Lipinski definition) is 4. The fourth-order valence-electron chi connectivity index (χ4n) is 3.31. The molecule has 0 radical (unpaired) electrons. The van der Waals surface area contributed by atoms with Gasteiger partial charge in [-0.15, -0.1) is 0 Å². The van der Waals surface area contributed by atoms with E-state index in [1.165, 1.54) is 0 Å². The number of para-hydroxylation sites is 1. The van der Waals surface area contributed by atoms with Crippen LogP contribution in [-0.4, -0.2) is 32.5 Å². The van der Waals surface area contributed by atoms with Gasteiger partial charge in [-0.1, -0.05) is 30.4 Å². The first-order valence-electron chi connectivity index (χ1n) is 8.90. The topological polar surface area (TPSA) is 63.0 Å². The Morgan fingerprint density at radius 2 is 1.88 bits per heavy atom. The molecule has 26 heavy (non-hydrogen) atoms. The Labute approximate surface area is 153 Å². The van der Waals surface area contributed by atoms with E-state index in [1.54, 1.807) is 12.4 Å². The minimum atomic E-state index is 0.211. The molecule has 2 N–H and O–H groups in total. The molecule has 3 aromatic rings. The summed E-state index contributed by atoms with van der Waals surface area (Å²) in [6, 6.07) is 14.4. The van der Waals surface area contributed by atoms with Crippen molar-refractivity contribution in [2.45, 2.75) is 19.0 Å². The Hall–Kier alpha value is -2.76. The van der Waals surface area contributed by atoms with E-state index >= 15 is 0 Å². The average Bonchev–Trinajstić information content (AvgIpc) is 3.34. The van der Waals surface area contributed by atoms with Crippen LogP contribution in [0.1, 0.15) is 12.0 Å². The molecule has 0 spiro atoms. The lowest BCUT2D eigenvalue weighted by Gasteiger charge is -2.12. The molecule has 0 saturated carbocycles. The summed E-state index contributed by atoms with van der Waals surface area (Å²) in [6.45, 7) is 0.931. The molecule has 0 fully saturated rings. The molecule has 2 heterocycles. The van der Waals surface area contributed by atoms with Gasteiger partial charge in [0, 0.05) is 54.8 Å². The monoisotopic (exact) mass is 346 g/mol. The number of benzene rings is 1. The van der Waals surface area contributed by atoms with Gasteiger partial charge >= 0.3 is 0 Å². The molecular weight excluding hydrogens is 324 g/mol. The van der Waals surface area contributed by atoms with Gasteiger partial charge in [0.1, 0.15) is 0 Å². The van der Waals surface area contributed by atoms with Gasteiger partial charge in [0.15, 0.2) is 0 Å². The Kier molecular flexibility index (Phi) is 4.91. The van der Waals surface area contributed by atoms with Gasteiger partial charge in [0.25, 0.3) is 0 Å². The van der Waals surface area contributed by atoms with Crippen LogP contribution in [0.4, 0.5) is 0 Å². The van der Waals surface area contributed by atoms with Crippen molar-refractivity contribution in [2.75, 3.05) is 6.61 Å². The van der Waals surface area contributed by atoms with Crippen LogP contribution in [0.5, 0.6) is 0 Å². The zero-order chi connectivity index (χ0) is 17.8. The minimum Gasteiger partial charge on any atom is -0.396 e. The normalized spacial score (nSPS) is 19.1. The first-order chi connectivity index (χ1) is 12.8. The van der Waals surface area contributed by atoms with Crippen LogP contribution in [0.2, 0.25) is 0 Å². The Morgan fingerprint density at radius 1 is 1.08 bits per heavy atom. The van der Waals surface area contributed by atoms with Crippen LogP contribution >= 0.6 is 0 Å². The van der Waals surface area contributed by atoms with E-state index < -0.39 is 0 Å². The molecular formula is C21H22N4O. The number of nitrogens with one attached hydrogen (secondary N) is 1. The lowest BCUT2D eigenvalue weighted by atomic mass is 10.1. The molecule has 2 atom stereocenters. The molecule has 0 saturated heterocycles. The van der Waals surface area contributed by atoms with Crippen molar-refractivity contribution in [3.63, 3.8) is 0 Å². The lowest BCUT2D eigenvalue weighted by Crippen LogP contribution is -2.26. The average molecular weight is 346 g/mol. The van der Waals surface area contributed by atoms with Crippen molar-refractivity contribution in [3.8, 4) is 16.9 Å². The van der Waals surface area contributed by atoms with E-state index in [4.69, 9.17) is 5.10 Å². The maximum absolute atomic E-state index is 9.29. The molecule has 0 bridgehead atoms. The van der Waals surface area contributed by atoms with Gasteiger partial charge in [0.05, 0.1) is 11.4 Å². The Morgan fingerprint density at radius 3 is 2.62 bits per heavy atom. The maximum atomic E-state index is 9.29. The van der Waals surface area contributed by atoms with Gasteiger partial charge < -0.3 is 10.4 Å². The van der Waals surface area contributed by atoms with Gasteiger partial charge in [-0.25, -0.2) is 4.68 Å². The highest BCUT2D eigenvalue weighted by Crippen LogP contribution is 2.24. The summed E-state index contributed by atoms with van der Waals surface area (Å²) in [5.74, 6) is 0.263. The van der Waals surface area contributed by atoms with Crippen molar-refractivity contribution in [2.24, 2.45) is 5.92 Å². The summed E-state index contributed by atoms with van der Waals surface area (Å²) in [5.41, 5.74) is 4.20. The zero-order valence-corrected chi connectivity index (χ0v) is 14.5. The molecule has 132 valence electrons.